The normalized spacial score (nSPS) is 14.6. The van der Waals surface area contributed by atoms with Crippen LogP contribution >= 0.6 is 0 Å². The second-order valence-corrected chi connectivity index (χ2v) is 7.32. The molecule has 0 radical (unpaired) electrons. The molecule has 2 aromatic carbocycles. The smallest absolute Gasteiger partial charge is 0.248 e. The van der Waals surface area contributed by atoms with Gasteiger partial charge in [0.05, 0.1) is 13.7 Å². The van der Waals surface area contributed by atoms with Gasteiger partial charge in [-0.25, -0.2) is 0 Å². The fourth-order valence-corrected chi connectivity index (χ4v) is 3.58. The molecule has 1 aliphatic heterocycles. The predicted octanol–water partition coefficient (Wildman–Crippen LogP) is 3.67. The maximum absolute atomic E-state index is 12.4. The first-order valence-electron chi connectivity index (χ1n) is 10.1. The summed E-state index contributed by atoms with van der Waals surface area (Å²) in [7, 11) is 1.63. The highest BCUT2D eigenvalue weighted by atomic mass is 16.5. The third-order valence-corrected chi connectivity index (χ3v) is 5.30. The molecule has 0 N–H and O–H groups in total. The average molecular weight is 407 g/mol. The van der Waals surface area contributed by atoms with Crippen LogP contribution in [0.3, 0.4) is 0 Å². The summed E-state index contributed by atoms with van der Waals surface area (Å²) in [5.74, 6) is 2.11. The molecule has 1 fully saturated rings. The van der Waals surface area contributed by atoms with Crippen molar-refractivity contribution in [2.45, 2.75) is 25.4 Å². The number of methoxy groups -OCH3 is 1. The number of carbonyl (C=O) groups excluding carboxylic acids is 1. The van der Waals surface area contributed by atoms with E-state index in [9.17, 15) is 4.79 Å². The number of amides is 1. The van der Waals surface area contributed by atoms with E-state index >= 15 is 0 Å². The molecule has 4 rings (SSSR count). The van der Waals surface area contributed by atoms with Gasteiger partial charge in [0.1, 0.15) is 12.4 Å². The minimum Gasteiger partial charge on any atom is -0.497 e. The average Bonchev–Trinajstić information content (AvgIpc) is 3.30. The molecule has 1 saturated heterocycles. The van der Waals surface area contributed by atoms with Gasteiger partial charge in [-0.3, -0.25) is 4.79 Å². The molecule has 7 nitrogen and oxygen atoms in total. The number of aromatic nitrogens is 2. The molecule has 0 atom stereocenters. The van der Waals surface area contributed by atoms with Crippen LogP contribution in [0.15, 0.2) is 59.1 Å². The van der Waals surface area contributed by atoms with E-state index in [1.54, 1.807) is 7.11 Å². The van der Waals surface area contributed by atoms with Gasteiger partial charge >= 0.3 is 0 Å². The Morgan fingerprint density at radius 1 is 1.13 bits per heavy atom. The molecule has 156 valence electrons. The monoisotopic (exact) mass is 407 g/mol. The van der Waals surface area contributed by atoms with Crippen LogP contribution in [0.5, 0.6) is 5.75 Å². The largest absolute Gasteiger partial charge is 0.497 e. The van der Waals surface area contributed by atoms with Gasteiger partial charge in [0.2, 0.25) is 17.6 Å². The first-order valence-corrected chi connectivity index (χ1v) is 10.1. The van der Waals surface area contributed by atoms with Crippen molar-refractivity contribution >= 4 is 5.91 Å². The zero-order valence-electron chi connectivity index (χ0n) is 17.0. The molecule has 7 heteroatoms. The van der Waals surface area contributed by atoms with Crippen molar-refractivity contribution in [3.63, 3.8) is 0 Å². The number of nitrogens with zero attached hydrogens (tertiary/aromatic N) is 3. The first-order chi connectivity index (χ1) is 14.7. The van der Waals surface area contributed by atoms with Crippen molar-refractivity contribution < 1.29 is 18.8 Å². The van der Waals surface area contributed by atoms with Crippen LogP contribution in [-0.2, 0) is 16.1 Å². The quantitative estimate of drug-likeness (QED) is 0.595. The Labute approximate surface area is 175 Å². The maximum Gasteiger partial charge on any atom is 0.248 e. The number of ether oxygens (including phenoxy) is 2. The minimum absolute atomic E-state index is 0.0204. The standard InChI is InChI=1S/C23H25N3O4/c1-28-20-9-5-8-19(14-20)22-24-23(30-25-22)18-10-12-26(13-11-18)21(27)16-29-15-17-6-3-2-4-7-17/h2-9,14,18H,10-13,15-16H2,1H3. The molecule has 3 aromatic rings. The summed E-state index contributed by atoms with van der Waals surface area (Å²) in [6, 6.07) is 17.4. The summed E-state index contributed by atoms with van der Waals surface area (Å²) < 4.78 is 16.3. The van der Waals surface area contributed by atoms with Gasteiger partial charge in [0, 0.05) is 24.6 Å². The Balaban J connectivity index is 1.27. The molecule has 0 saturated carbocycles. The number of carbonyl (C=O) groups is 1. The zero-order valence-corrected chi connectivity index (χ0v) is 17.0. The van der Waals surface area contributed by atoms with Crippen LogP contribution in [0.2, 0.25) is 0 Å². The molecule has 2 heterocycles. The van der Waals surface area contributed by atoms with Gasteiger partial charge in [0.25, 0.3) is 0 Å². The first kappa shape index (κ1) is 20.1. The summed E-state index contributed by atoms with van der Waals surface area (Å²) in [4.78, 5) is 18.8. The highest BCUT2D eigenvalue weighted by Gasteiger charge is 2.27. The van der Waals surface area contributed by atoms with Crippen molar-refractivity contribution in [2.75, 3.05) is 26.8 Å². The third-order valence-electron chi connectivity index (χ3n) is 5.30. The molecule has 0 aliphatic carbocycles. The van der Waals surface area contributed by atoms with Gasteiger partial charge in [-0.2, -0.15) is 4.98 Å². The molecular weight excluding hydrogens is 382 g/mol. The highest BCUT2D eigenvalue weighted by molar-refractivity contribution is 5.77. The fourth-order valence-electron chi connectivity index (χ4n) is 3.58. The van der Waals surface area contributed by atoms with Crippen LogP contribution in [0.4, 0.5) is 0 Å². The van der Waals surface area contributed by atoms with Gasteiger partial charge in [-0.05, 0) is 30.5 Å². The SMILES string of the molecule is COc1cccc(-c2noc(C3CCN(C(=O)COCc4ccccc4)CC3)n2)c1. The van der Waals surface area contributed by atoms with Crippen LogP contribution in [0.25, 0.3) is 11.4 Å². The number of likely N-dealkylation sites (tertiary alicyclic amines) is 1. The number of piperidine rings is 1. The van der Waals surface area contributed by atoms with E-state index < -0.39 is 0 Å². The second-order valence-electron chi connectivity index (χ2n) is 7.32. The maximum atomic E-state index is 12.4. The van der Waals surface area contributed by atoms with Crippen LogP contribution in [0.1, 0.15) is 30.2 Å². The Morgan fingerprint density at radius 3 is 2.70 bits per heavy atom. The summed E-state index contributed by atoms with van der Waals surface area (Å²) in [5, 5.41) is 4.12. The fraction of sp³-hybridized carbons (Fsp3) is 0.348. The van der Waals surface area contributed by atoms with Crippen LogP contribution in [0, 0.1) is 0 Å². The van der Waals surface area contributed by atoms with Crippen molar-refractivity contribution in [2.24, 2.45) is 0 Å². The molecule has 0 bridgehead atoms. The molecule has 1 amide bonds. The van der Waals surface area contributed by atoms with Crippen LogP contribution < -0.4 is 4.74 Å². The van der Waals surface area contributed by atoms with Crippen molar-refractivity contribution in [1.82, 2.24) is 15.0 Å². The number of rotatable bonds is 7. The van der Waals surface area contributed by atoms with E-state index in [4.69, 9.17) is 14.0 Å². The molecule has 30 heavy (non-hydrogen) atoms. The number of hydrogen-bond acceptors (Lipinski definition) is 6. The topological polar surface area (TPSA) is 77.7 Å². The van der Waals surface area contributed by atoms with Gasteiger partial charge in [0.15, 0.2) is 0 Å². The minimum atomic E-state index is 0.0204. The lowest BCUT2D eigenvalue weighted by Gasteiger charge is -2.30. The lowest BCUT2D eigenvalue weighted by Crippen LogP contribution is -2.40. The van der Waals surface area contributed by atoms with Gasteiger partial charge < -0.3 is 18.9 Å². The highest BCUT2D eigenvalue weighted by Crippen LogP contribution is 2.29. The van der Waals surface area contributed by atoms with Gasteiger partial charge in [-0.15, -0.1) is 0 Å². The summed E-state index contributed by atoms with van der Waals surface area (Å²) in [6.45, 7) is 1.86. The lowest BCUT2D eigenvalue weighted by molar-refractivity contribution is -0.137. The van der Waals surface area contributed by atoms with Crippen molar-refractivity contribution in [3.8, 4) is 17.1 Å². The second kappa shape index (κ2) is 9.54. The third kappa shape index (κ3) is 4.86. The molecule has 0 spiro atoms. The van der Waals surface area contributed by atoms with Gasteiger partial charge in [-0.1, -0.05) is 47.6 Å². The molecule has 1 aliphatic rings. The summed E-state index contributed by atoms with van der Waals surface area (Å²) >= 11 is 0. The Hall–Kier alpha value is -3.19. The lowest BCUT2D eigenvalue weighted by atomic mass is 9.97. The Morgan fingerprint density at radius 2 is 1.93 bits per heavy atom. The molecule has 0 unspecified atom stereocenters. The summed E-state index contributed by atoms with van der Waals surface area (Å²) in [5.41, 5.74) is 1.92. The van der Waals surface area contributed by atoms with E-state index in [0.717, 1.165) is 29.7 Å². The number of benzene rings is 2. The van der Waals surface area contributed by atoms with E-state index in [1.807, 2.05) is 59.5 Å². The van der Waals surface area contributed by atoms with Crippen LogP contribution in [-0.4, -0.2) is 47.8 Å². The van der Waals surface area contributed by atoms with E-state index in [0.29, 0.717) is 31.4 Å². The Kier molecular flexibility index (Phi) is 6.39. The van der Waals surface area contributed by atoms with Crippen molar-refractivity contribution in [3.05, 3.63) is 66.1 Å². The zero-order chi connectivity index (χ0) is 20.8. The molecular formula is C23H25N3O4. The predicted molar refractivity (Wildman–Crippen MR) is 111 cm³/mol. The van der Waals surface area contributed by atoms with E-state index in [1.165, 1.54) is 0 Å². The van der Waals surface area contributed by atoms with Crippen molar-refractivity contribution in [1.29, 1.82) is 0 Å². The van der Waals surface area contributed by atoms with E-state index in [-0.39, 0.29) is 18.4 Å². The Bertz CT molecular complexity index is 965. The molecule has 1 aromatic heterocycles. The summed E-state index contributed by atoms with van der Waals surface area (Å²) in [6.07, 6.45) is 1.59. The number of hydrogen-bond donors (Lipinski definition) is 0. The van der Waals surface area contributed by atoms with E-state index in [2.05, 4.69) is 10.1 Å².